The van der Waals surface area contributed by atoms with E-state index in [-0.39, 0.29) is 18.7 Å². The second-order valence-electron chi connectivity index (χ2n) is 7.04. The number of carbonyl (C=O) groups excluding carboxylic acids is 2. The molecule has 1 unspecified atom stereocenters. The zero-order valence-electron chi connectivity index (χ0n) is 16.4. The third-order valence-corrected chi connectivity index (χ3v) is 7.83. The van der Waals surface area contributed by atoms with Crippen LogP contribution in [0.2, 0.25) is 0 Å². The normalized spacial score (nSPS) is 21.6. The van der Waals surface area contributed by atoms with E-state index in [0.717, 1.165) is 0 Å². The Labute approximate surface area is 174 Å². The summed E-state index contributed by atoms with van der Waals surface area (Å²) in [5, 5.41) is 7.14. The minimum atomic E-state index is -3.49. The molecule has 0 saturated carbocycles. The summed E-state index contributed by atoms with van der Waals surface area (Å²) in [6, 6.07) is 2.38. The molecule has 2 aliphatic heterocycles. The predicted molar refractivity (Wildman–Crippen MR) is 109 cm³/mol. The van der Waals surface area contributed by atoms with Crippen LogP contribution in [0.4, 0.5) is 4.79 Å². The Balaban J connectivity index is 1.62. The number of piperidine rings is 1. The van der Waals surface area contributed by atoms with Crippen LogP contribution in [-0.2, 0) is 19.6 Å². The third kappa shape index (κ3) is 5.35. The van der Waals surface area contributed by atoms with Gasteiger partial charge < -0.3 is 15.4 Å². The average molecular weight is 443 g/mol. The summed E-state index contributed by atoms with van der Waals surface area (Å²) in [6.07, 6.45) is 1.29. The highest BCUT2D eigenvalue weighted by molar-refractivity contribution is 7.91. The van der Waals surface area contributed by atoms with Crippen molar-refractivity contribution >= 4 is 33.4 Å². The fraction of sp³-hybridized carbons (Fsp3) is 0.556. The maximum atomic E-state index is 12.4. The van der Waals surface area contributed by atoms with Crippen molar-refractivity contribution in [3.8, 4) is 0 Å². The smallest absolute Gasteiger partial charge is 0.337 e. The number of esters is 1. The lowest BCUT2D eigenvalue weighted by atomic mass is 10.0. The minimum absolute atomic E-state index is 0.140. The van der Waals surface area contributed by atoms with Crippen molar-refractivity contribution in [2.45, 2.75) is 43.0 Å². The van der Waals surface area contributed by atoms with Gasteiger partial charge in [0, 0.05) is 31.4 Å². The molecule has 0 aromatic carbocycles. The van der Waals surface area contributed by atoms with Gasteiger partial charge in [0.2, 0.25) is 10.0 Å². The molecular weight excluding hydrogens is 416 g/mol. The lowest BCUT2D eigenvalue weighted by Gasteiger charge is -2.34. The number of nitrogens with one attached hydrogen (secondary N) is 3. The number of urea groups is 1. The summed E-state index contributed by atoms with van der Waals surface area (Å²) in [7, 11) is -3.49. The number of ether oxygens (including phenoxy) is 1. The standard InChI is InChI=1S/C18H26N4O5S2/c1-3-27-17(23)16-12(2)19-18(24)20-14(16)11-22-8-6-13(7-9-22)21-29(25,26)15-5-4-10-28-15/h4-5,10,12-13,21H,3,6-9,11H2,1-2H3,(H2,19,20,24). The van der Waals surface area contributed by atoms with Gasteiger partial charge in [-0.25, -0.2) is 22.7 Å². The number of likely N-dealkylation sites (tertiary alicyclic amines) is 1. The van der Waals surface area contributed by atoms with E-state index in [4.69, 9.17) is 4.74 Å². The molecule has 11 heteroatoms. The first-order valence-corrected chi connectivity index (χ1v) is 11.9. The Hall–Kier alpha value is -1.95. The zero-order valence-corrected chi connectivity index (χ0v) is 18.1. The molecule has 1 aromatic heterocycles. The summed E-state index contributed by atoms with van der Waals surface area (Å²) in [6.45, 7) is 5.43. The molecule has 1 fully saturated rings. The predicted octanol–water partition coefficient (Wildman–Crippen LogP) is 1.01. The number of rotatable bonds is 7. The first-order chi connectivity index (χ1) is 13.8. The van der Waals surface area contributed by atoms with E-state index in [2.05, 4.69) is 20.3 Å². The Morgan fingerprint density at radius 3 is 2.72 bits per heavy atom. The molecule has 0 spiro atoms. The van der Waals surface area contributed by atoms with Gasteiger partial charge in [0.25, 0.3) is 0 Å². The highest BCUT2D eigenvalue weighted by atomic mass is 32.2. The van der Waals surface area contributed by atoms with Crippen LogP contribution in [0.5, 0.6) is 0 Å². The summed E-state index contributed by atoms with van der Waals surface area (Å²) < 4.78 is 33.0. The summed E-state index contributed by atoms with van der Waals surface area (Å²) >= 11 is 1.19. The Bertz CT molecular complexity index is 874. The van der Waals surface area contributed by atoms with Gasteiger partial charge in [-0.3, -0.25) is 4.90 Å². The number of nitrogens with zero attached hydrogens (tertiary/aromatic N) is 1. The van der Waals surface area contributed by atoms with E-state index in [1.807, 2.05) is 0 Å². The quantitative estimate of drug-likeness (QED) is 0.543. The topological polar surface area (TPSA) is 117 Å². The molecule has 3 N–H and O–H groups in total. The SMILES string of the molecule is CCOC(=O)C1=C(CN2CCC(NS(=O)(=O)c3cccs3)CC2)NC(=O)NC1C. The van der Waals surface area contributed by atoms with Gasteiger partial charge >= 0.3 is 12.0 Å². The minimum Gasteiger partial charge on any atom is -0.463 e. The van der Waals surface area contributed by atoms with Crippen LogP contribution in [0.15, 0.2) is 33.0 Å². The van der Waals surface area contributed by atoms with E-state index in [1.165, 1.54) is 11.3 Å². The molecule has 0 bridgehead atoms. The lowest BCUT2D eigenvalue weighted by molar-refractivity contribution is -0.139. The molecular formula is C18H26N4O5S2. The molecule has 3 heterocycles. The second kappa shape index (κ2) is 9.24. The number of thiophene rings is 1. The molecule has 1 aromatic rings. The number of amides is 2. The maximum absolute atomic E-state index is 12.4. The molecule has 3 rings (SSSR count). The van der Waals surface area contributed by atoms with Crippen LogP contribution in [0.25, 0.3) is 0 Å². The average Bonchev–Trinajstić information content (AvgIpc) is 3.18. The Morgan fingerprint density at radius 2 is 2.10 bits per heavy atom. The summed E-state index contributed by atoms with van der Waals surface area (Å²) in [5.41, 5.74) is 0.962. The van der Waals surface area contributed by atoms with Gasteiger partial charge in [-0.15, -0.1) is 11.3 Å². The van der Waals surface area contributed by atoms with Crippen LogP contribution < -0.4 is 15.4 Å². The van der Waals surface area contributed by atoms with Crippen molar-refractivity contribution in [1.29, 1.82) is 0 Å². The third-order valence-electron chi connectivity index (χ3n) is 4.92. The van der Waals surface area contributed by atoms with Crippen molar-refractivity contribution in [1.82, 2.24) is 20.3 Å². The number of hydrogen-bond donors (Lipinski definition) is 3. The first kappa shape index (κ1) is 21.8. The molecule has 9 nitrogen and oxygen atoms in total. The lowest BCUT2D eigenvalue weighted by Crippen LogP contribution is -2.52. The summed E-state index contributed by atoms with van der Waals surface area (Å²) in [5.74, 6) is -0.443. The van der Waals surface area contributed by atoms with Gasteiger partial charge in [-0.05, 0) is 38.1 Å². The van der Waals surface area contributed by atoms with E-state index in [9.17, 15) is 18.0 Å². The van der Waals surface area contributed by atoms with Gasteiger partial charge in [0.15, 0.2) is 0 Å². The fourth-order valence-electron chi connectivity index (χ4n) is 3.53. The van der Waals surface area contributed by atoms with E-state index >= 15 is 0 Å². The van der Waals surface area contributed by atoms with Crippen LogP contribution in [-0.4, -0.2) is 63.6 Å². The highest BCUT2D eigenvalue weighted by Gasteiger charge is 2.32. The molecule has 1 saturated heterocycles. The Morgan fingerprint density at radius 1 is 1.38 bits per heavy atom. The van der Waals surface area contributed by atoms with E-state index in [1.54, 1.807) is 31.4 Å². The van der Waals surface area contributed by atoms with E-state index in [0.29, 0.717) is 48.0 Å². The van der Waals surface area contributed by atoms with Gasteiger partial charge in [-0.2, -0.15) is 0 Å². The maximum Gasteiger partial charge on any atom is 0.337 e. The first-order valence-electron chi connectivity index (χ1n) is 9.56. The van der Waals surface area contributed by atoms with Crippen LogP contribution in [0.1, 0.15) is 26.7 Å². The van der Waals surface area contributed by atoms with Gasteiger partial charge in [0.05, 0.1) is 18.2 Å². The molecule has 0 radical (unpaired) electrons. The van der Waals surface area contributed by atoms with E-state index < -0.39 is 22.0 Å². The molecule has 1 atom stereocenters. The van der Waals surface area contributed by atoms with Gasteiger partial charge in [0.1, 0.15) is 4.21 Å². The molecule has 160 valence electrons. The van der Waals surface area contributed by atoms with Crippen molar-refractivity contribution in [2.75, 3.05) is 26.2 Å². The monoisotopic (exact) mass is 442 g/mol. The van der Waals surface area contributed by atoms with Crippen LogP contribution in [0, 0.1) is 0 Å². The van der Waals surface area contributed by atoms with Crippen molar-refractivity contribution in [3.05, 3.63) is 28.8 Å². The largest absolute Gasteiger partial charge is 0.463 e. The fourth-order valence-corrected chi connectivity index (χ4v) is 5.85. The van der Waals surface area contributed by atoms with Crippen molar-refractivity contribution in [2.24, 2.45) is 0 Å². The van der Waals surface area contributed by atoms with Crippen LogP contribution in [0.3, 0.4) is 0 Å². The second-order valence-corrected chi connectivity index (χ2v) is 9.93. The number of carbonyl (C=O) groups is 2. The van der Waals surface area contributed by atoms with Gasteiger partial charge in [-0.1, -0.05) is 6.07 Å². The zero-order chi connectivity index (χ0) is 21.0. The highest BCUT2D eigenvalue weighted by Crippen LogP contribution is 2.20. The van der Waals surface area contributed by atoms with Crippen molar-refractivity contribution < 1.29 is 22.7 Å². The Kier molecular flexibility index (Phi) is 6.93. The molecule has 29 heavy (non-hydrogen) atoms. The van der Waals surface area contributed by atoms with Crippen LogP contribution >= 0.6 is 11.3 Å². The number of hydrogen-bond acceptors (Lipinski definition) is 7. The number of sulfonamides is 1. The molecule has 2 aliphatic rings. The molecule has 0 aliphatic carbocycles. The van der Waals surface area contributed by atoms with Crippen molar-refractivity contribution in [3.63, 3.8) is 0 Å². The summed E-state index contributed by atoms with van der Waals surface area (Å²) in [4.78, 5) is 26.3. The molecule has 2 amide bonds.